The van der Waals surface area contributed by atoms with E-state index in [4.69, 9.17) is 22.1 Å². The van der Waals surface area contributed by atoms with E-state index in [0.29, 0.717) is 29.5 Å². The summed E-state index contributed by atoms with van der Waals surface area (Å²) in [6.07, 6.45) is -0.482. The summed E-state index contributed by atoms with van der Waals surface area (Å²) in [4.78, 5) is 24.2. The maximum Gasteiger partial charge on any atom is 0.410 e. The van der Waals surface area contributed by atoms with Crippen molar-refractivity contribution in [3.63, 3.8) is 0 Å². The zero-order chi connectivity index (χ0) is 13.1. The summed E-state index contributed by atoms with van der Waals surface area (Å²) in [5.41, 5.74) is 6.54. The highest BCUT2D eigenvalue weighted by atomic mass is 35.5. The molecule has 1 aliphatic heterocycles. The van der Waals surface area contributed by atoms with E-state index in [0.717, 1.165) is 0 Å². The summed E-state index contributed by atoms with van der Waals surface area (Å²) in [5, 5.41) is 3.07. The molecule has 1 aromatic carbocycles. The van der Waals surface area contributed by atoms with Gasteiger partial charge >= 0.3 is 6.09 Å². The number of cyclic esters (lactones) is 1. The average Bonchev–Trinajstić information content (AvgIpc) is 2.70. The minimum atomic E-state index is -0.482. The van der Waals surface area contributed by atoms with Crippen LogP contribution in [0.5, 0.6) is 0 Å². The van der Waals surface area contributed by atoms with Gasteiger partial charge < -0.3 is 15.8 Å². The molecule has 1 saturated heterocycles. The zero-order valence-electron chi connectivity index (χ0n) is 9.48. The van der Waals surface area contributed by atoms with Gasteiger partial charge in [0.05, 0.1) is 17.9 Å². The van der Waals surface area contributed by atoms with Gasteiger partial charge in [-0.2, -0.15) is 0 Å². The van der Waals surface area contributed by atoms with Gasteiger partial charge in [0, 0.05) is 5.02 Å². The Balaban J connectivity index is 1.98. The number of hydrogen-bond donors (Lipinski definition) is 2. The molecule has 96 valence electrons. The van der Waals surface area contributed by atoms with E-state index in [2.05, 4.69) is 5.32 Å². The summed E-state index contributed by atoms with van der Waals surface area (Å²) in [6.45, 7) is 0.660. The Bertz CT molecular complexity index is 492. The molecule has 2 amide bonds. The molecule has 0 radical (unpaired) electrons. The van der Waals surface area contributed by atoms with Crippen molar-refractivity contribution in [1.82, 2.24) is 4.90 Å². The highest BCUT2D eigenvalue weighted by molar-refractivity contribution is 6.31. The zero-order valence-corrected chi connectivity index (χ0v) is 10.2. The quantitative estimate of drug-likeness (QED) is 0.811. The molecule has 0 bridgehead atoms. The maximum absolute atomic E-state index is 11.7. The first kappa shape index (κ1) is 12.5. The van der Waals surface area contributed by atoms with E-state index >= 15 is 0 Å². The Labute approximate surface area is 109 Å². The van der Waals surface area contributed by atoms with Crippen molar-refractivity contribution in [2.75, 3.05) is 30.7 Å². The summed E-state index contributed by atoms with van der Waals surface area (Å²) < 4.78 is 4.72. The van der Waals surface area contributed by atoms with Gasteiger partial charge in [0.15, 0.2) is 0 Å². The predicted molar refractivity (Wildman–Crippen MR) is 67.4 cm³/mol. The van der Waals surface area contributed by atoms with Crippen LogP contribution in [0.3, 0.4) is 0 Å². The normalized spacial score (nSPS) is 14.5. The van der Waals surface area contributed by atoms with Gasteiger partial charge in [-0.1, -0.05) is 11.6 Å². The molecule has 3 N–H and O–H groups in total. The Morgan fingerprint density at radius 2 is 2.33 bits per heavy atom. The van der Waals surface area contributed by atoms with Crippen molar-refractivity contribution in [2.45, 2.75) is 0 Å². The summed E-state index contributed by atoms with van der Waals surface area (Å²) in [7, 11) is 0. The third kappa shape index (κ3) is 2.84. The molecule has 0 spiro atoms. The SMILES string of the molecule is Nc1ccc(Cl)cc1NC(=O)CN1CCOC1=O. The fourth-order valence-corrected chi connectivity index (χ4v) is 1.74. The molecule has 1 aliphatic rings. The van der Waals surface area contributed by atoms with Gasteiger partial charge in [-0.15, -0.1) is 0 Å². The number of halogens is 1. The number of ether oxygens (including phenoxy) is 1. The predicted octanol–water partition coefficient (Wildman–Crippen LogP) is 1.31. The minimum absolute atomic E-state index is 0.0647. The van der Waals surface area contributed by atoms with E-state index in [9.17, 15) is 9.59 Å². The van der Waals surface area contributed by atoms with Gasteiger partial charge in [-0.25, -0.2) is 4.79 Å². The van der Waals surface area contributed by atoms with Crippen LogP contribution in [0, 0.1) is 0 Å². The maximum atomic E-state index is 11.7. The largest absolute Gasteiger partial charge is 0.448 e. The second-order valence-electron chi connectivity index (χ2n) is 3.82. The van der Waals surface area contributed by atoms with E-state index in [1.165, 1.54) is 4.90 Å². The lowest BCUT2D eigenvalue weighted by Gasteiger charge is -2.13. The molecule has 0 aromatic heterocycles. The third-order valence-electron chi connectivity index (χ3n) is 2.47. The van der Waals surface area contributed by atoms with Crippen LogP contribution in [-0.4, -0.2) is 36.6 Å². The number of amides is 2. The number of carbonyl (C=O) groups excluding carboxylic acids is 2. The second-order valence-corrected chi connectivity index (χ2v) is 4.25. The van der Waals surface area contributed by atoms with Crippen LogP contribution in [0.15, 0.2) is 18.2 Å². The first-order chi connectivity index (χ1) is 8.56. The van der Waals surface area contributed by atoms with Crippen LogP contribution in [0.1, 0.15) is 0 Å². The molecule has 1 heterocycles. The standard InChI is InChI=1S/C11H12ClN3O3/c12-7-1-2-8(13)9(5-7)14-10(16)6-15-3-4-18-11(15)17/h1-2,5H,3-4,6,13H2,(H,14,16). The van der Waals surface area contributed by atoms with E-state index < -0.39 is 6.09 Å². The summed E-state index contributed by atoms with van der Waals surface area (Å²) in [5.74, 6) is -0.345. The Kier molecular flexibility index (Phi) is 3.57. The first-order valence-corrected chi connectivity index (χ1v) is 5.70. The van der Waals surface area contributed by atoms with Crippen molar-refractivity contribution in [2.24, 2.45) is 0 Å². The van der Waals surface area contributed by atoms with Crippen LogP contribution >= 0.6 is 11.6 Å². The second kappa shape index (κ2) is 5.14. The molecule has 7 heteroatoms. The molecule has 0 unspecified atom stereocenters. The number of benzene rings is 1. The lowest BCUT2D eigenvalue weighted by atomic mass is 10.2. The molecule has 0 atom stereocenters. The number of nitrogens with two attached hydrogens (primary N) is 1. The lowest BCUT2D eigenvalue weighted by molar-refractivity contribution is -0.116. The van der Waals surface area contributed by atoms with Crippen LogP contribution in [0.4, 0.5) is 16.2 Å². The number of hydrogen-bond acceptors (Lipinski definition) is 4. The van der Waals surface area contributed by atoms with Crippen molar-refractivity contribution in [3.8, 4) is 0 Å². The molecule has 1 fully saturated rings. The number of nitrogen functional groups attached to an aromatic ring is 1. The van der Waals surface area contributed by atoms with Gasteiger partial charge in [-0.05, 0) is 18.2 Å². The molecule has 0 aliphatic carbocycles. The number of carbonyl (C=O) groups is 2. The van der Waals surface area contributed by atoms with Crippen LogP contribution in [0.25, 0.3) is 0 Å². The van der Waals surface area contributed by atoms with Crippen molar-refractivity contribution in [3.05, 3.63) is 23.2 Å². The number of rotatable bonds is 3. The molecule has 1 aromatic rings. The molecular weight excluding hydrogens is 258 g/mol. The number of nitrogens with zero attached hydrogens (tertiary/aromatic N) is 1. The summed E-state index contributed by atoms with van der Waals surface area (Å²) in [6, 6.07) is 4.78. The van der Waals surface area contributed by atoms with Gasteiger partial charge in [0.1, 0.15) is 13.2 Å². The monoisotopic (exact) mass is 269 g/mol. The first-order valence-electron chi connectivity index (χ1n) is 5.33. The number of anilines is 2. The smallest absolute Gasteiger partial charge is 0.410 e. The van der Waals surface area contributed by atoms with Gasteiger partial charge in [-0.3, -0.25) is 9.69 Å². The van der Waals surface area contributed by atoms with Crippen LogP contribution in [0.2, 0.25) is 5.02 Å². The average molecular weight is 270 g/mol. The minimum Gasteiger partial charge on any atom is -0.448 e. The molecule has 2 rings (SSSR count). The Morgan fingerprint density at radius 3 is 3.00 bits per heavy atom. The molecule has 0 saturated carbocycles. The van der Waals surface area contributed by atoms with E-state index in [-0.39, 0.29) is 12.5 Å². The molecule has 18 heavy (non-hydrogen) atoms. The Hall–Kier alpha value is -1.95. The number of nitrogens with one attached hydrogen (secondary N) is 1. The van der Waals surface area contributed by atoms with Gasteiger partial charge in [0.2, 0.25) is 5.91 Å². The van der Waals surface area contributed by atoms with Crippen LogP contribution in [-0.2, 0) is 9.53 Å². The molecule has 6 nitrogen and oxygen atoms in total. The topological polar surface area (TPSA) is 84.7 Å². The van der Waals surface area contributed by atoms with E-state index in [1.54, 1.807) is 18.2 Å². The van der Waals surface area contributed by atoms with Crippen molar-refractivity contribution in [1.29, 1.82) is 0 Å². The highest BCUT2D eigenvalue weighted by Gasteiger charge is 2.24. The van der Waals surface area contributed by atoms with Crippen molar-refractivity contribution >= 4 is 35.0 Å². The lowest BCUT2D eigenvalue weighted by Crippen LogP contribution is -2.33. The van der Waals surface area contributed by atoms with Crippen LogP contribution < -0.4 is 11.1 Å². The molecular formula is C11H12ClN3O3. The third-order valence-corrected chi connectivity index (χ3v) is 2.70. The highest BCUT2D eigenvalue weighted by Crippen LogP contribution is 2.22. The Morgan fingerprint density at radius 1 is 1.56 bits per heavy atom. The van der Waals surface area contributed by atoms with Crippen molar-refractivity contribution < 1.29 is 14.3 Å². The van der Waals surface area contributed by atoms with Gasteiger partial charge in [0.25, 0.3) is 0 Å². The summed E-state index contributed by atoms with van der Waals surface area (Å²) >= 11 is 5.80. The fraction of sp³-hybridized carbons (Fsp3) is 0.273. The fourth-order valence-electron chi connectivity index (χ4n) is 1.57. The van der Waals surface area contributed by atoms with E-state index in [1.807, 2.05) is 0 Å².